The van der Waals surface area contributed by atoms with Crippen molar-refractivity contribution in [1.29, 1.82) is 0 Å². The zero-order valence-corrected chi connectivity index (χ0v) is 12.7. The van der Waals surface area contributed by atoms with Gasteiger partial charge in [0.25, 0.3) is 0 Å². The van der Waals surface area contributed by atoms with E-state index in [2.05, 4.69) is 12.6 Å². The number of thiol groups is 1. The van der Waals surface area contributed by atoms with Crippen molar-refractivity contribution in [2.75, 3.05) is 0 Å². The average molecular weight is 286 g/mol. The molecule has 0 aliphatic carbocycles. The number of carbonyl (C=O) groups excluding carboxylic acids is 1. The van der Waals surface area contributed by atoms with Gasteiger partial charge in [0.2, 0.25) is 0 Å². The molecule has 0 N–H and O–H groups in total. The van der Waals surface area contributed by atoms with E-state index < -0.39 is 0 Å². The topological polar surface area (TPSA) is 17.1 Å². The summed E-state index contributed by atoms with van der Waals surface area (Å²) in [5.41, 5.74) is 1.71. The van der Waals surface area contributed by atoms with Crippen molar-refractivity contribution < 1.29 is 24.3 Å². The largest absolute Gasteiger partial charge is 0.298 e. The first-order valence-electron chi connectivity index (χ1n) is 4.13. The van der Waals surface area contributed by atoms with Gasteiger partial charge in [0.05, 0.1) is 0 Å². The molecule has 1 nitrogen and oxygen atoms in total. The van der Waals surface area contributed by atoms with Crippen LogP contribution in [0.25, 0.3) is 10.4 Å². The Labute approximate surface area is 111 Å². The van der Waals surface area contributed by atoms with E-state index in [9.17, 15) is 4.79 Å². The first kappa shape index (κ1) is 12.6. The summed E-state index contributed by atoms with van der Waals surface area (Å²) >= 11 is 6.01. The van der Waals surface area contributed by atoms with Gasteiger partial charge in [0, 0.05) is 40.4 Å². The zero-order chi connectivity index (χ0) is 9.97. The molecule has 0 aliphatic rings. The fourth-order valence-corrected chi connectivity index (χ4v) is 2.35. The number of carbonyl (C=O) groups is 1. The monoisotopic (exact) mass is 284 g/mol. The number of hydrogen-bond donors (Lipinski definition) is 1. The molecule has 2 rings (SSSR count). The van der Waals surface area contributed by atoms with Crippen LogP contribution in [-0.4, -0.2) is 6.29 Å². The summed E-state index contributed by atoms with van der Waals surface area (Å²) in [4.78, 5) is 12.7. The van der Waals surface area contributed by atoms with Crippen LogP contribution in [0.5, 0.6) is 0 Å². The van der Waals surface area contributed by atoms with E-state index in [1.54, 1.807) is 17.4 Å². The minimum atomic E-state index is 0. The third-order valence-electron chi connectivity index (χ3n) is 1.94. The van der Waals surface area contributed by atoms with Crippen molar-refractivity contribution in [3.05, 3.63) is 41.3 Å². The third-order valence-corrected chi connectivity index (χ3v) is 3.24. The second kappa shape index (κ2) is 5.59. The standard InChI is InChI=1S/C11H8OS2.Zn/c12-7-8-3-4-10(13)9(6-8)11-2-1-5-14-11;/h1-7,13H;. The fraction of sp³-hybridized carbons (Fsp3) is 0. The summed E-state index contributed by atoms with van der Waals surface area (Å²) in [5.74, 6) is 0. The Morgan fingerprint density at radius 3 is 2.67 bits per heavy atom. The van der Waals surface area contributed by atoms with Gasteiger partial charge in [-0.05, 0) is 23.6 Å². The van der Waals surface area contributed by atoms with E-state index in [1.807, 2.05) is 29.6 Å². The van der Waals surface area contributed by atoms with Gasteiger partial charge in [-0.25, -0.2) is 0 Å². The average Bonchev–Trinajstić information content (AvgIpc) is 2.71. The van der Waals surface area contributed by atoms with Gasteiger partial charge in [-0.1, -0.05) is 12.1 Å². The fourth-order valence-electron chi connectivity index (χ4n) is 1.26. The SMILES string of the molecule is O=Cc1ccc(S)c(-c2cccs2)c1.[Zn]. The molecule has 0 unspecified atom stereocenters. The van der Waals surface area contributed by atoms with E-state index in [4.69, 9.17) is 0 Å². The maximum atomic E-state index is 10.6. The smallest absolute Gasteiger partial charge is 0.150 e. The van der Waals surface area contributed by atoms with E-state index >= 15 is 0 Å². The molecule has 72 valence electrons. The molecule has 0 amide bonds. The van der Waals surface area contributed by atoms with Crippen LogP contribution in [0.15, 0.2) is 40.6 Å². The first-order chi connectivity index (χ1) is 6.81. The van der Waals surface area contributed by atoms with Gasteiger partial charge in [-0.3, -0.25) is 4.79 Å². The molecule has 0 radical (unpaired) electrons. The van der Waals surface area contributed by atoms with Crippen LogP contribution in [0.4, 0.5) is 0 Å². The van der Waals surface area contributed by atoms with Crippen molar-refractivity contribution >= 4 is 30.3 Å². The summed E-state index contributed by atoms with van der Waals surface area (Å²) in [6.45, 7) is 0. The van der Waals surface area contributed by atoms with Crippen molar-refractivity contribution in [3.63, 3.8) is 0 Å². The molecule has 0 saturated carbocycles. The number of rotatable bonds is 2. The quantitative estimate of drug-likeness (QED) is 0.508. The van der Waals surface area contributed by atoms with Crippen LogP contribution in [0.3, 0.4) is 0 Å². The first-order valence-corrected chi connectivity index (χ1v) is 5.46. The van der Waals surface area contributed by atoms with Crippen LogP contribution in [0, 0.1) is 0 Å². The minimum Gasteiger partial charge on any atom is -0.298 e. The van der Waals surface area contributed by atoms with Gasteiger partial charge in [-0.2, -0.15) is 0 Å². The van der Waals surface area contributed by atoms with Gasteiger partial charge in [-0.15, -0.1) is 24.0 Å². The molecule has 2 aromatic rings. The van der Waals surface area contributed by atoms with Crippen LogP contribution < -0.4 is 0 Å². The van der Waals surface area contributed by atoms with Crippen molar-refractivity contribution in [2.24, 2.45) is 0 Å². The second-order valence-electron chi connectivity index (χ2n) is 2.87. The molecule has 1 aromatic carbocycles. The molecular weight excluding hydrogens is 278 g/mol. The van der Waals surface area contributed by atoms with Gasteiger partial charge in [0.15, 0.2) is 0 Å². The minimum absolute atomic E-state index is 0. The number of aldehydes is 1. The Morgan fingerprint density at radius 1 is 1.27 bits per heavy atom. The summed E-state index contributed by atoms with van der Waals surface area (Å²) in [7, 11) is 0. The normalized spacial score (nSPS) is 9.40. The summed E-state index contributed by atoms with van der Waals surface area (Å²) < 4.78 is 0. The second-order valence-corrected chi connectivity index (χ2v) is 4.30. The molecule has 1 heterocycles. The molecular formula is C11H8OS2Zn. The van der Waals surface area contributed by atoms with E-state index in [-0.39, 0.29) is 19.5 Å². The van der Waals surface area contributed by atoms with Crippen LogP contribution in [0.1, 0.15) is 10.4 Å². The van der Waals surface area contributed by atoms with Crippen LogP contribution in [-0.2, 0) is 19.5 Å². The van der Waals surface area contributed by atoms with Crippen molar-refractivity contribution in [2.45, 2.75) is 4.90 Å². The van der Waals surface area contributed by atoms with Crippen LogP contribution in [0.2, 0.25) is 0 Å². The molecule has 0 bridgehead atoms. The Bertz CT molecular complexity index is 452. The van der Waals surface area contributed by atoms with Crippen molar-refractivity contribution in [1.82, 2.24) is 0 Å². The molecule has 4 heteroatoms. The molecule has 1 aromatic heterocycles. The van der Waals surface area contributed by atoms with E-state index in [1.165, 1.54) is 0 Å². The van der Waals surface area contributed by atoms with Gasteiger partial charge in [0.1, 0.15) is 6.29 Å². The number of benzene rings is 1. The molecule has 0 saturated heterocycles. The third kappa shape index (κ3) is 2.78. The zero-order valence-electron chi connectivity index (χ0n) is 8.01. The number of hydrogen-bond acceptors (Lipinski definition) is 3. The summed E-state index contributed by atoms with van der Waals surface area (Å²) in [6, 6.07) is 9.49. The Balaban J connectivity index is 0.00000112. The molecule has 0 atom stereocenters. The Kier molecular flexibility index (Phi) is 4.71. The van der Waals surface area contributed by atoms with Gasteiger partial charge < -0.3 is 0 Å². The Morgan fingerprint density at radius 2 is 2.07 bits per heavy atom. The summed E-state index contributed by atoms with van der Waals surface area (Å²) in [6.07, 6.45) is 0.852. The maximum absolute atomic E-state index is 10.6. The predicted molar refractivity (Wildman–Crippen MR) is 62.4 cm³/mol. The molecule has 0 fully saturated rings. The van der Waals surface area contributed by atoms with E-state index in [0.717, 1.165) is 21.6 Å². The van der Waals surface area contributed by atoms with Crippen molar-refractivity contribution in [3.8, 4) is 10.4 Å². The van der Waals surface area contributed by atoms with E-state index in [0.29, 0.717) is 5.56 Å². The molecule has 15 heavy (non-hydrogen) atoms. The summed E-state index contributed by atoms with van der Waals surface area (Å²) in [5, 5.41) is 2.01. The molecule has 0 aliphatic heterocycles. The maximum Gasteiger partial charge on any atom is 0.150 e. The van der Waals surface area contributed by atoms with Gasteiger partial charge >= 0.3 is 0 Å². The van der Waals surface area contributed by atoms with Crippen LogP contribution >= 0.6 is 24.0 Å². The number of thiophene rings is 1. The predicted octanol–water partition coefficient (Wildman–Crippen LogP) is 3.51. The Hall–Kier alpha value is -0.437. The molecule has 0 spiro atoms.